The molecule has 0 unspecified atom stereocenters. The normalized spacial score (nSPS) is 10.9. The smallest absolute Gasteiger partial charge is 0.328 e. The van der Waals surface area contributed by atoms with Crippen molar-refractivity contribution in [2.75, 3.05) is 0 Å². The summed E-state index contributed by atoms with van der Waals surface area (Å²) in [5, 5.41) is 8.97. The molecule has 0 atom stereocenters. The van der Waals surface area contributed by atoms with Gasteiger partial charge in [0, 0.05) is 6.08 Å². The van der Waals surface area contributed by atoms with Crippen molar-refractivity contribution in [3.8, 4) is 0 Å². The highest BCUT2D eigenvalue weighted by Crippen LogP contribution is 2.23. The van der Waals surface area contributed by atoms with E-state index in [2.05, 4.69) is 30.3 Å². The third-order valence-electron chi connectivity index (χ3n) is 4.18. The average Bonchev–Trinajstić information content (AvgIpc) is 2.63. The highest BCUT2D eigenvalue weighted by molar-refractivity contribution is 5.85. The quantitative estimate of drug-likeness (QED) is 0.649. The van der Waals surface area contributed by atoms with Gasteiger partial charge in [-0.15, -0.1) is 0 Å². The SMILES string of the molecule is O=C(O)/C=C/c1cccc(Cc2ccccc2)c1Cc1ccccc1. The van der Waals surface area contributed by atoms with Gasteiger partial charge >= 0.3 is 5.97 Å². The van der Waals surface area contributed by atoms with Crippen LogP contribution in [0.1, 0.15) is 27.8 Å². The van der Waals surface area contributed by atoms with Crippen LogP contribution in [0.15, 0.2) is 84.9 Å². The average molecular weight is 328 g/mol. The third-order valence-corrected chi connectivity index (χ3v) is 4.18. The fraction of sp³-hybridized carbons (Fsp3) is 0.0870. The molecular weight excluding hydrogens is 308 g/mol. The summed E-state index contributed by atoms with van der Waals surface area (Å²) < 4.78 is 0. The van der Waals surface area contributed by atoms with Crippen molar-refractivity contribution in [1.82, 2.24) is 0 Å². The molecule has 2 heteroatoms. The van der Waals surface area contributed by atoms with Gasteiger partial charge in [-0.2, -0.15) is 0 Å². The van der Waals surface area contributed by atoms with Gasteiger partial charge in [0.25, 0.3) is 0 Å². The lowest BCUT2D eigenvalue weighted by Gasteiger charge is -2.14. The van der Waals surface area contributed by atoms with Crippen LogP contribution in [0.2, 0.25) is 0 Å². The predicted molar refractivity (Wildman–Crippen MR) is 102 cm³/mol. The molecule has 25 heavy (non-hydrogen) atoms. The summed E-state index contributed by atoms with van der Waals surface area (Å²) >= 11 is 0. The Morgan fingerprint density at radius 3 is 1.96 bits per heavy atom. The van der Waals surface area contributed by atoms with Crippen molar-refractivity contribution in [1.29, 1.82) is 0 Å². The standard InChI is InChI=1S/C23H20O2/c24-23(25)15-14-20-12-7-13-21(16-18-8-3-1-4-9-18)22(20)17-19-10-5-2-6-11-19/h1-15H,16-17H2,(H,24,25)/b15-14+. The summed E-state index contributed by atoms with van der Waals surface area (Å²) in [6, 6.07) is 26.7. The van der Waals surface area contributed by atoms with E-state index >= 15 is 0 Å². The Morgan fingerprint density at radius 1 is 0.760 bits per heavy atom. The van der Waals surface area contributed by atoms with Crippen molar-refractivity contribution < 1.29 is 9.90 Å². The van der Waals surface area contributed by atoms with Crippen LogP contribution in [0.4, 0.5) is 0 Å². The molecule has 0 spiro atoms. The Kier molecular flexibility index (Phi) is 5.43. The summed E-state index contributed by atoms with van der Waals surface area (Å²) in [6.45, 7) is 0. The van der Waals surface area contributed by atoms with Crippen LogP contribution in [-0.4, -0.2) is 11.1 Å². The van der Waals surface area contributed by atoms with Gasteiger partial charge in [0.15, 0.2) is 0 Å². The Morgan fingerprint density at radius 2 is 1.36 bits per heavy atom. The molecule has 0 aliphatic carbocycles. The molecule has 0 saturated carbocycles. The van der Waals surface area contributed by atoms with Crippen molar-refractivity contribution in [3.05, 3.63) is 113 Å². The summed E-state index contributed by atoms with van der Waals surface area (Å²) in [6.07, 6.45) is 4.51. The summed E-state index contributed by atoms with van der Waals surface area (Å²) in [7, 11) is 0. The first kappa shape index (κ1) is 16.7. The van der Waals surface area contributed by atoms with Crippen LogP contribution in [0.3, 0.4) is 0 Å². The van der Waals surface area contributed by atoms with Crippen molar-refractivity contribution in [3.63, 3.8) is 0 Å². The van der Waals surface area contributed by atoms with Crippen LogP contribution in [0.5, 0.6) is 0 Å². The second-order valence-electron chi connectivity index (χ2n) is 5.98. The molecule has 1 N–H and O–H groups in total. The van der Waals surface area contributed by atoms with E-state index in [1.165, 1.54) is 28.3 Å². The van der Waals surface area contributed by atoms with E-state index < -0.39 is 5.97 Å². The van der Waals surface area contributed by atoms with E-state index in [9.17, 15) is 4.79 Å². The number of rotatable bonds is 6. The van der Waals surface area contributed by atoms with Crippen LogP contribution in [0, 0.1) is 0 Å². The lowest BCUT2D eigenvalue weighted by atomic mass is 9.91. The van der Waals surface area contributed by atoms with Gasteiger partial charge in [0.2, 0.25) is 0 Å². The van der Waals surface area contributed by atoms with E-state index in [0.29, 0.717) is 0 Å². The number of hydrogen-bond donors (Lipinski definition) is 1. The Balaban J connectivity index is 2.01. The maximum absolute atomic E-state index is 10.9. The molecule has 0 bridgehead atoms. The van der Waals surface area contributed by atoms with Gasteiger partial charge in [-0.1, -0.05) is 78.9 Å². The highest BCUT2D eigenvalue weighted by Gasteiger charge is 2.09. The maximum atomic E-state index is 10.9. The number of carbonyl (C=O) groups is 1. The van der Waals surface area contributed by atoms with Crippen molar-refractivity contribution >= 4 is 12.0 Å². The van der Waals surface area contributed by atoms with Crippen molar-refractivity contribution in [2.45, 2.75) is 12.8 Å². The molecule has 0 aliphatic heterocycles. The van der Waals surface area contributed by atoms with Gasteiger partial charge in [-0.25, -0.2) is 4.79 Å². The van der Waals surface area contributed by atoms with Gasteiger partial charge in [-0.3, -0.25) is 0 Å². The number of carboxylic acid groups (broad SMARTS) is 1. The minimum absolute atomic E-state index is 0.781. The lowest BCUT2D eigenvalue weighted by molar-refractivity contribution is -0.131. The summed E-state index contributed by atoms with van der Waals surface area (Å²) in [5.74, 6) is -0.931. The second-order valence-corrected chi connectivity index (χ2v) is 5.98. The van der Waals surface area contributed by atoms with E-state index in [1.54, 1.807) is 6.08 Å². The molecule has 3 aromatic carbocycles. The first-order chi connectivity index (χ1) is 12.2. The molecule has 3 rings (SSSR count). The Bertz CT molecular complexity index is 865. The van der Waals surface area contributed by atoms with E-state index in [4.69, 9.17) is 5.11 Å². The number of carboxylic acids is 1. The largest absolute Gasteiger partial charge is 0.478 e. The fourth-order valence-corrected chi connectivity index (χ4v) is 2.97. The summed E-state index contributed by atoms with van der Waals surface area (Å²) in [5.41, 5.74) is 5.82. The third kappa shape index (κ3) is 4.67. The van der Waals surface area contributed by atoms with Crippen LogP contribution < -0.4 is 0 Å². The molecule has 0 saturated heterocycles. The summed E-state index contributed by atoms with van der Waals surface area (Å²) in [4.78, 5) is 10.9. The molecule has 0 aromatic heterocycles. The molecular formula is C23H20O2. The Hall–Kier alpha value is -3.13. The fourth-order valence-electron chi connectivity index (χ4n) is 2.97. The zero-order valence-corrected chi connectivity index (χ0v) is 13.9. The predicted octanol–water partition coefficient (Wildman–Crippen LogP) is 4.97. The molecule has 3 aromatic rings. The van der Waals surface area contributed by atoms with Crippen LogP contribution in [0.25, 0.3) is 6.08 Å². The zero-order chi connectivity index (χ0) is 17.5. The molecule has 2 nitrogen and oxygen atoms in total. The molecule has 0 radical (unpaired) electrons. The lowest BCUT2D eigenvalue weighted by Crippen LogP contribution is -2.00. The molecule has 0 fully saturated rings. The van der Waals surface area contributed by atoms with Crippen LogP contribution in [-0.2, 0) is 17.6 Å². The van der Waals surface area contributed by atoms with E-state index in [-0.39, 0.29) is 0 Å². The topological polar surface area (TPSA) is 37.3 Å². The van der Waals surface area contributed by atoms with E-state index in [0.717, 1.165) is 18.4 Å². The molecule has 124 valence electrons. The minimum Gasteiger partial charge on any atom is -0.478 e. The zero-order valence-electron chi connectivity index (χ0n) is 13.9. The van der Waals surface area contributed by atoms with Gasteiger partial charge < -0.3 is 5.11 Å². The second kappa shape index (κ2) is 8.11. The molecule has 0 amide bonds. The minimum atomic E-state index is -0.931. The highest BCUT2D eigenvalue weighted by atomic mass is 16.4. The number of hydrogen-bond acceptors (Lipinski definition) is 1. The Labute approximate surface area is 148 Å². The van der Waals surface area contributed by atoms with Gasteiger partial charge in [0.1, 0.15) is 0 Å². The number of benzene rings is 3. The van der Waals surface area contributed by atoms with Gasteiger partial charge in [0.05, 0.1) is 0 Å². The number of aliphatic carboxylic acids is 1. The molecule has 0 aliphatic rings. The van der Waals surface area contributed by atoms with Crippen molar-refractivity contribution in [2.24, 2.45) is 0 Å². The first-order valence-corrected chi connectivity index (χ1v) is 8.32. The van der Waals surface area contributed by atoms with Gasteiger partial charge in [-0.05, 0) is 46.7 Å². The molecule has 0 heterocycles. The monoisotopic (exact) mass is 328 g/mol. The van der Waals surface area contributed by atoms with Crippen LogP contribution >= 0.6 is 0 Å². The van der Waals surface area contributed by atoms with E-state index in [1.807, 2.05) is 48.5 Å². The maximum Gasteiger partial charge on any atom is 0.328 e. The first-order valence-electron chi connectivity index (χ1n) is 8.32.